The van der Waals surface area contributed by atoms with E-state index in [1.165, 1.54) is 24.3 Å². The molecule has 0 bridgehead atoms. The SMILES string of the molecule is O=C(NOOS)c1ccc([N+](=O)[O-])cc1. The number of rotatable bonds is 4. The van der Waals surface area contributed by atoms with Crippen LogP contribution in [-0.4, -0.2) is 10.8 Å². The zero-order chi connectivity index (χ0) is 11.3. The molecule has 8 heteroatoms. The lowest BCUT2D eigenvalue weighted by atomic mass is 10.2. The molecule has 0 unspecified atom stereocenters. The summed E-state index contributed by atoms with van der Waals surface area (Å²) in [7, 11) is 0. The third kappa shape index (κ3) is 3.20. The second-order valence-electron chi connectivity index (χ2n) is 2.39. The average Bonchev–Trinajstić information content (AvgIpc) is 2.26. The molecule has 1 amide bonds. The summed E-state index contributed by atoms with van der Waals surface area (Å²) >= 11 is 3.22. The van der Waals surface area contributed by atoms with Crippen LogP contribution in [-0.2, 0) is 9.32 Å². The predicted molar refractivity (Wildman–Crippen MR) is 51.7 cm³/mol. The number of benzene rings is 1. The number of carbonyl (C=O) groups excluding carboxylic acids is 1. The monoisotopic (exact) mass is 230 g/mol. The first-order valence-corrected chi connectivity index (χ1v) is 4.03. The van der Waals surface area contributed by atoms with Crippen molar-refractivity contribution in [3.63, 3.8) is 0 Å². The minimum absolute atomic E-state index is 0.0992. The molecule has 0 heterocycles. The highest BCUT2D eigenvalue weighted by Crippen LogP contribution is 2.11. The van der Waals surface area contributed by atoms with Crippen molar-refractivity contribution in [2.24, 2.45) is 0 Å². The fraction of sp³-hybridized carbons (Fsp3) is 0. The number of amides is 1. The van der Waals surface area contributed by atoms with Crippen LogP contribution in [0, 0.1) is 10.1 Å². The molecule has 0 aliphatic carbocycles. The van der Waals surface area contributed by atoms with E-state index in [2.05, 4.69) is 22.2 Å². The summed E-state index contributed by atoms with van der Waals surface area (Å²) in [4.78, 5) is 25.0. The molecule has 7 nitrogen and oxygen atoms in total. The molecule has 0 spiro atoms. The molecule has 0 aromatic heterocycles. The first-order valence-electron chi connectivity index (χ1n) is 3.67. The van der Waals surface area contributed by atoms with Gasteiger partial charge in [-0.3, -0.25) is 14.9 Å². The summed E-state index contributed by atoms with van der Waals surface area (Å²) in [5, 5.41) is 10.3. The van der Waals surface area contributed by atoms with Crippen molar-refractivity contribution in [2.45, 2.75) is 0 Å². The van der Waals surface area contributed by atoms with Gasteiger partial charge < -0.3 is 0 Å². The number of non-ortho nitro benzene ring substituents is 1. The Morgan fingerprint density at radius 2 is 2.00 bits per heavy atom. The number of hydrogen-bond acceptors (Lipinski definition) is 6. The van der Waals surface area contributed by atoms with Crippen molar-refractivity contribution < 1.29 is 19.0 Å². The molecule has 1 aromatic rings. The van der Waals surface area contributed by atoms with E-state index in [1.54, 1.807) is 0 Å². The fourth-order valence-electron chi connectivity index (χ4n) is 0.850. The number of carbonyl (C=O) groups is 1. The molecule has 0 aliphatic rings. The Morgan fingerprint density at radius 3 is 2.47 bits per heavy atom. The minimum Gasteiger partial charge on any atom is -0.267 e. The first kappa shape index (κ1) is 11.4. The Labute approximate surface area is 89.6 Å². The highest BCUT2D eigenvalue weighted by atomic mass is 32.1. The van der Waals surface area contributed by atoms with Crippen molar-refractivity contribution in [2.75, 3.05) is 0 Å². The van der Waals surface area contributed by atoms with Crippen LogP contribution in [0.25, 0.3) is 0 Å². The summed E-state index contributed by atoms with van der Waals surface area (Å²) < 4.78 is 3.85. The second-order valence-corrected chi connectivity index (χ2v) is 2.54. The van der Waals surface area contributed by atoms with Crippen LogP contribution in [0.5, 0.6) is 0 Å². The van der Waals surface area contributed by atoms with E-state index in [0.717, 1.165) is 0 Å². The minimum atomic E-state index is -0.598. The summed E-state index contributed by atoms with van der Waals surface area (Å²) in [6.07, 6.45) is 0. The Balaban J connectivity index is 2.71. The van der Waals surface area contributed by atoms with Gasteiger partial charge in [-0.1, -0.05) is 4.99 Å². The molecule has 80 valence electrons. The van der Waals surface area contributed by atoms with Gasteiger partial charge in [0, 0.05) is 30.6 Å². The molecule has 0 saturated heterocycles. The molecule has 0 saturated carbocycles. The van der Waals surface area contributed by atoms with Gasteiger partial charge in [-0.25, -0.2) is 0 Å². The van der Waals surface area contributed by atoms with Crippen molar-refractivity contribution in [1.29, 1.82) is 0 Å². The lowest BCUT2D eigenvalue weighted by molar-refractivity contribution is -0.384. The van der Waals surface area contributed by atoms with Crippen LogP contribution in [0.15, 0.2) is 24.3 Å². The van der Waals surface area contributed by atoms with E-state index in [0.29, 0.717) is 0 Å². The van der Waals surface area contributed by atoms with Gasteiger partial charge in [-0.2, -0.15) is 5.48 Å². The van der Waals surface area contributed by atoms with Gasteiger partial charge in [0.15, 0.2) is 0 Å². The standard InChI is InChI=1S/C7H6N2O5S/c10-7(8-13-14-15)5-1-3-6(4-2-5)9(11)12/h1-4,15H,(H,8,10). The van der Waals surface area contributed by atoms with Crippen molar-refractivity contribution in [3.8, 4) is 0 Å². The number of nitrogens with one attached hydrogen (secondary N) is 1. The van der Waals surface area contributed by atoms with Crippen molar-refractivity contribution >= 4 is 24.5 Å². The van der Waals surface area contributed by atoms with E-state index in [-0.39, 0.29) is 11.3 Å². The quantitative estimate of drug-likeness (QED) is 0.265. The zero-order valence-corrected chi connectivity index (χ0v) is 8.14. The lowest BCUT2D eigenvalue weighted by Crippen LogP contribution is -2.22. The highest BCUT2D eigenvalue weighted by molar-refractivity contribution is 7.74. The molecule has 0 atom stereocenters. The molecule has 1 N–H and O–H groups in total. The lowest BCUT2D eigenvalue weighted by Gasteiger charge is -2.00. The topological polar surface area (TPSA) is 90.7 Å². The first-order chi connectivity index (χ1) is 7.15. The van der Waals surface area contributed by atoms with Crippen LogP contribution in [0.4, 0.5) is 5.69 Å². The van der Waals surface area contributed by atoms with E-state index in [1.807, 2.05) is 5.48 Å². The maximum Gasteiger partial charge on any atom is 0.277 e. The molecular formula is C7H6N2O5S. The van der Waals surface area contributed by atoms with E-state index in [4.69, 9.17) is 0 Å². The van der Waals surface area contributed by atoms with Gasteiger partial charge in [0.1, 0.15) is 0 Å². The molecule has 1 rings (SSSR count). The van der Waals surface area contributed by atoms with E-state index < -0.39 is 10.8 Å². The molecule has 15 heavy (non-hydrogen) atoms. The average molecular weight is 230 g/mol. The molecule has 0 aliphatic heterocycles. The Kier molecular flexibility index (Phi) is 4.03. The number of nitro benzene ring substituents is 1. The predicted octanol–water partition coefficient (Wildman–Crippen LogP) is 1.03. The maximum absolute atomic E-state index is 11.2. The Hall–Kier alpha value is -1.64. The Morgan fingerprint density at radius 1 is 1.40 bits per heavy atom. The van der Waals surface area contributed by atoms with Crippen LogP contribution in [0.1, 0.15) is 10.4 Å². The highest BCUT2D eigenvalue weighted by Gasteiger charge is 2.09. The van der Waals surface area contributed by atoms with Gasteiger partial charge in [0.2, 0.25) is 0 Å². The number of hydroxylamine groups is 1. The van der Waals surface area contributed by atoms with E-state index in [9.17, 15) is 14.9 Å². The molecule has 0 fully saturated rings. The maximum atomic E-state index is 11.2. The van der Waals surface area contributed by atoms with Gasteiger partial charge >= 0.3 is 0 Å². The number of hydrogen-bond donors (Lipinski definition) is 2. The van der Waals surface area contributed by atoms with Crippen LogP contribution in [0.3, 0.4) is 0 Å². The summed E-state index contributed by atoms with van der Waals surface area (Å²) in [6, 6.07) is 4.98. The fourth-order valence-corrected chi connectivity index (χ4v) is 0.887. The molecule has 0 radical (unpaired) electrons. The van der Waals surface area contributed by atoms with Gasteiger partial charge in [-0.15, -0.1) is 4.33 Å². The van der Waals surface area contributed by atoms with Crippen LogP contribution < -0.4 is 5.48 Å². The van der Waals surface area contributed by atoms with Gasteiger partial charge in [0.25, 0.3) is 11.6 Å². The molecular weight excluding hydrogens is 224 g/mol. The second kappa shape index (κ2) is 5.29. The van der Waals surface area contributed by atoms with E-state index >= 15 is 0 Å². The third-order valence-electron chi connectivity index (χ3n) is 1.51. The number of nitro groups is 1. The largest absolute Gasteiger partial charge is 0.277 e. The van der Waals surface area contributed by atoms with Gasteiger partial charge in [-0.05, 0) is 12.1 Å². The molecule has 1 aromatic carbocycles. The normalized spacial score (nSPS) is 9.67. The summed E-state index contributed by atoms with van der Waals surface area (Å²) in [6.45, 7) is 0. The van der Waals surface area contributed by atoms with Crippen molar-refractivity contribution in [3.05, 3.63) is 39.9 Å². The smallest absolute Gasteiger partial charge is 0.267 e. The van der Waals surface area contributed by atoms with Gasteiger partial charge in [0.05, 0.1) is 4.92 Å². The van der Waals surface area contributed by atoms with Crippen LogP contribution >= 0.6 is 12.9 Å². The summed E-state index contributed by atoms with van der Waals surface area (Å²) in [5.41, 5.74) is 1.99. The number of nitrogens with zero attached hydrogens (tertiary/aromatic N) is 1. The van der Waals surface area contributed by atoms with Crippen LogP contribution in [0.2, 0.25) is 0 Å². The summed E-state index contributed by atoms with van der Waals surface area (Å²) in [5.74, 6) is -0.598. The zero-order valence-electron chi connectivity index (χ0n) is 7.25. The third-order valence-corrected chi connectivity index (χ3v) is 1.59. The van der Waals surface area contributed by atoms with Crippen molar-refractivity contribution in [1.82, 2.24) is 5.48 Å². The Bertz CT molecular complexity index is 366. The number of thiol groups is 1.